The van der Waals surface area contributed by atoms with Gasteiger partial charge >= 0.3 is 6.18 Å². The van der Waals surface area contributed by atoms with Gasteiger partial charge in [0.1, 0.15) is 0 Å². The molecule has 0 amide bonds. The van der Waals surface area contributed by atoms with Gasteiger partial charge in [-0.3, -0.25) is 4.98 Å². The summed E-state index contributed by atoms with van der Waals surface area (Å²) in [4.78, 5) is 3.82. The summed E-state index contributed by atoms with van der Waals surface area (Å²) in [6, 6.07) is 2.91. The van der Waals surface area contributed by atoms with Crippen LogP contribution in [0.2, 0.25) is 0 Å². The average Bonchev–Trinajstić information content (AvgIpc) is 2.31. The maximum absolute atomic E-state index is 12.8. The number of fused-ring (bicyclic) bond motifs is 1. The van der Waals surface area contributed by atoms with E-state index >= 15 is 0 Å². The van der Waals surface area contributed by atoms with Gasteiger partial charge in [-0.05, 0) is 36.4 Å². The van der Waals surface area contributed by atoms with Crippen molar-refractivity contribution in [3.05, 3.63) is 41.2 Å². The fourth-order valence-electron chi connectivity index (χ4n) is 1.79. The minimum Gasteiger partial charge on any atom is -0.264 e. The third kappa shape index (κ3) is 2.81. The lowest BCUT2D eigenvalue weighted by atomic mass is 10.0. The minimum atomic E-state index is -4.33. The van der Waals surface area contributed by atoms with Gasteiger partial charge in [0.2, 0.25) is 0 Å². The predicted octanol–water partition coefficient (Wildman–Crippen LogP) is 4.90. The van der Waals surface area contributed by atoms with E-state index in [0.29, 0.717) is 10.9 Å². The molecule has 1 heterocycles. The molecule has 0 aliphatic rings. The maximum Gasteiger partial charge on any atom is 0.417 e. The van der Waals surface area contributed by atoms with Crippen molar-refractivity contribution in [2.24, 2.45) is 0 Å². The molecule has 0 N–H and O–H groups in total. The maximum atomic E-state index is 12.8. The van der Waals surface area contributed by atoms with Crippen molar-refractivity contribution in [2.75, 3.05) is 0 Å². The number of nitrogens with zero attached hydrogens (tertiary/aromatic N) is 1. The zero-order valence-electron chi connectivity index (χ0n) is 10.9. The first-order chi connectivity index (χ1) is 8.39. The molecule has 0 aliphatic carbocycles. The van der Waals surface area contributed by atoms with Crippen LogP contribution in [-0.2, 0) is 6.18 Å². The summed E-state index contributed by atoms with van der Waals surface area (Å²) in [5.41, 5.74) is 0.750. The molecule has 1 nitrogen and oxygen atoms in total. The van der Waals surface area contributed by atoms with Crippen LogP contribution in [0.15, 0.2) is 24.5 Å². The number of rotatable bonds is 0. The second-order valence-electron chi connectivity index (χ2n) is 3.86. The Balaban J connectivity index is 0.000000771. The van der Waals surface area contributed by atoms with Crippen LogP contribution in [0.1, 0.15) is 30.5 Å². The van der Waals surface area contributed by atoms with Crippen LogP contribution in [0.3, 0.4) is 0 Å². The van der Waals surface area contributed by atoms with Gasteiger partial charge < -0.3 is 0 Å². The van der Waals surface area contributed by atoms with Gasteiger partial charge in [-0.25, -0.2) is 0 Å². The van der Waals surface area contributed by atoms with Crippen molar-refractivity contribution >= 4 is 10.8 Å². The van der Waals surface area contributed by atoms with E-state index in [2.05, 4.69) is 4.98 Å². The molecule has 98 valence electrons. The van der Waals surface area contributed by atoms with E-state index in [4.69, 9.17) is 0 Å². The Hall–Kier alpha value is -1.58. The summed E-state index contributed by atoms with van der Waals surface area (Å²) in [6.45, 7) is 7.42. The first kappa shape index (κ1) is 14.5. The van der Waals surface area contributed by atoms with Gasteiger partial charge in [0.05, 0.1) is 5.56 Å². The number of hydrogen-bond acceptors (Lipinski definition) is 1. The van der Waals surface area contributed by atoms with E-state index in [9.17, 15) is 13.2 Å². The van der Waals surface area contributed by atoms with E-state index < -0.39 is 11.7 Å². The van der Waals surface area contributed by atoms with Crippen LogP contribution < -0.4 is 0 Å². The van der Waals surface area contributed by atoms with Crippen molar-refractivity contribution in [1.29, 1.82) is 0 Å². The first-order valence-corrected chi connectivity index (χ1v) is 5.82. The molecular weight excluding hydrogens is 239 g/mol. The highest BCUT2D eigenvalue weighted by Gasteiger charge is 2.32. The summed E-state index contributed by atoms with van der Waals surface area (Å²) in [5.74, 6) is 0. The molecule has 0 aliphatic heterocycles. The molecule has 1 aromatic heterocycles. The fourth-order valence-corrected chi connectivity index (χ4v) is 1.79. The molecule has 0 saturated heterocycles. The third-order valence-electron chi connectivity index (χ3n) is 2.53. The Morgan fingerprint density at radius 3 is 2.11 bits per heavy atom. The highest BCUT2D eigenvalue weighted by atomic mass is 19.4. The van der Waals surface area contributed by atoms with Crippen LogP contribution >= 0.6 is 0 Å². The van der Waals surface area contributed by atoms with Gasteiger partial charge in [-0.1, -0.05) is 19.9 Å². The topological polar surface area (TPSA) is 12.9 Å². The molecular formula is C14H16F3N. The highest BCUT2D eigenvalue weighted by Crippen LogP contribution is 2.35. The molecule has 2 rings (SSSR count). The zero-order valence-corrected chi connectivity index (χ0v) is 10.9. The molecule has 0 bridgehead atoms. The molecule has 0 radical (unpaired) electrons. The normalized spacial score (nSPS) is 11.1. The lowest BCUT2D eigenvalue weighted by Gasteiger charge is -2.12. The number of alkyl halides is 3. The number of hydrogen-bond donors (Lipinski definition) is 0. The lowest BCUT2D eigenvalue weighted by molar-refractivity contribution is -0.136. The molecule has 2 aromatic rings. The van der Waals surface area contributed by atoms with Crippen molar-refractivity contribution in [3.8, 4) is 0 Å². The predicted molar refractivity (Wildman–Crippen MR) is 67.6 cm³/mol. The number of aromatic nitrogens is 1. The van der Waals surface area contributed by atoms with Gasteiger partial charge in [-0.15, -0.1) is 0 Å². The van der Waals surface area contributed by atoms with Crippen LogP contribution in [0.4, 0.5) is 13.2 Å². The smallest absolute Gasteiger partial charge is 0.264 e. The van der Waals surface area contributed by atoms with E-state index in [0.717, 1.165) is 11.6 Å². The molecule has 1 aromatic carbocycles. The first-order valence-electron chi connectivity index (χ1n) is 5.82. The summed E-state index contributed by atoms with van der Waals surface area (Å²) in [7, 11) is 0. The van der Waals surface area contributed by atoms with Crippen LogP contribution in [0, 0.1) is 13.8 Å². The second kappa shape index (κ2) is 5.38. The molecule has 0 fully saturated rings. The summed E-state index contributed by atoms with van der Waals surface area (Å²) < 4.78 is 38.4. The highest BCUT2D eigenvalue weighted by molar-refractivity contribution is 5.88. The van der Waals surface area contributed by atoms with Gasteiger partial charge in [0.25, 0.3) is 0 Å². The Labute approximate surface area is 105 Å². The van der Waals surface area contributed by atoms with E-state index in [1.54, 1.807) is 26.1 Å². The Kier molecular flexibility index (Phi) is 4.33. The monoisotopic (exact) mass is 255 g/mol. The van der Waals surface area contributed by atoms with Crippen molar-refractivity contribution < 1.29 is 13.2 Å². The average molecular weight is 255 g/mol. The van der Waals surface area contributed by atoms with Gasteiger partial charge in [-0.2, -0.15) is 13.2 Å². The summed E-state index contributed by atoms with van der Waals surface area (Å²) in [6.07, 6.45) is -1.49. The van der Waals surface area contributed by atoms with Crippen molar-refractivity contribution in [1.82, 2.24) is 4.98 Å². The number of halogens is 3. The van der Waals surface area contributed by atoms with Gasteiger partial charge in [0, 0.05) is 17.8 Å². The number of pyridine rings is 1. The standard InChI is InChI=1S/C12H10F3N.C2H6/c1-7-3-9-8(2)5-16-6-10(9)11(4-7)12(13,14)15;1-2/h3-6H,1-2H3;1-2H3. The van der Waals surface area contributed by atoms with Crippen LogP contribution in [0.5, 0.6) is 0 Å². The molecule has 0 saturated carbocycles. The second-order valence-corrected chi connectivity index (χ2v) is 3.86. The van der Waals surface area contributed by atoms with Crippen LogP contribution in [-0.4, -0.2) is 4.98 Å². The molecule has 0 atom stereocenters. The third-order valence-corrected chi connectivity index (χ3v) is 2.53. The lowest BCUT2D eigenvalue weighted by Crippen LogP contribution is -2.06. The molecule has 4 heteroatoms. The van der Waals surface area contributed by atoms with E-state index in [-0.39, 0.29) is 5.39 Å². The quantitative estimate of drug-likeness (QED) is 0.652. The molecule has 0 unspecified atom stereocenters. The largest absolute Gasteiger partial charge is 0.417 e. The summed E-state index contributed by atoms with van der Waals surface area (Å²) in [5, 5.41) is 0.778. The van der Waals surface area contributed by atoms with Gasteiger partial charge in [0.15, 0.2) is 0 Å². The molecule has 18 heavy (non-hydrogen) atoms. The Morgan fingerprint density at radius 2 is 1.56 bits per heavy atom. The van der Waals surface area contributed by atoms with Crippen molar-refractivity contribution in [2.45, 2.75) is 33.9 Å². The zero-order chi connectivity index (χ0) is 13.9. The number of aryl methyl sites for hydroxylation is 2. The molecule has 0 spiro atoms. The Morgan fingerprint density at radius 1 is 0.944 bits per heavy atom. The number of benzene rings is 1. The summed E-state index contributed by atoms with van der Waals surface area (Å²) >= 11 is 0. The fraction of sp³-hybridized carbons (Fsp3) is 0.357. The minimum absolute atomic E-state index is 0.165. The SMILES string of the molecule is CC.Cc1cc(C(F)(F)F)c2cncc(C)c2c1. The van der Waals surface area contributed by atoms with E-state index in [1.165, 1.54) is 6.20 Å². The van der Waals surface area contributed by atoms with Crippen LogP contribution in [0.25, 0.3) is 10.8 Å². The van der Waals surface area contributed by atoms with Crippen molar-refractivity contribution in [3.63, 3.8) is 0 Å². The Bertz CT molecular complexity index is 544. The van der Waals surface area contributed by atoms with E-state index in [1.807, 2.05) is 13.8 Å².